The van der Waals surface area contributed by atoms with E-state index in [4.69, 9.17) is 0 Å². The second-order valence-electron chi connectivity index (χ2n) is 5.85. The Morgan fingerprint density at radius 3 is 2.29 bits per heavy atom. The molecule has 112 valence electrons. The van der Waals surface area contributed by atoms with Crippen LogP contribution < -0.4 is 0 Å². The fraction of sp³-hybridized carbons (Fsp3) is 0.500. The van der Waals surface area contributed by atoms with E-state index in [0.717, 1.165) is 12.8 Å². The zero-order valence-electron chi connectivity index (χ0n) is 12.1. The first kappa shape index (κ1) is 14.0. The van der Waals surface area contributed by atoms with Crippen molar-refractivity contribution in [1.82, 2.24) is 9.80 Å². The van der Waals surface area contributed by atoms with Crippen molar-refractivity contribution in [3.8, 4) is 0 Å². The molecule has 0 N–H and O–H groups in total. The molecular weight excluding hydrogens is 271 g/mol. The predicted octanol–water partition coefficient (Wildman–Crippen LogP) is 1.83. The molecule has 2 fully saturated rings. The Labute approximate surface area is 123 Å². The lowest BCUT2D eigenvalue weighted by atomic mass is 10.1. The van der Waals surface area contributed by atoms with Crippen LogP contribution in [-0.4, -0.2) is 47.8 Å². The topological polar surface area (TPSA) is 40.6 Å². The van der Waals surface area contributed by atoms with Gasteiger partial charge in [0.2, 0.25) is 5.91 Å². The van der Waals surface area contributed by atoms with Gasteiger partial charge >= 0.3 is 0 Å². The third-order valence-electron chi connectivity index (χ3n) is 4.22. The highest BCUT2D eigenvalue weighted by molar-refractivity contribution is 5.95. The molecule has 0 unspecified atom stereocenters. The molecule has 0 atom stereocenters. The van der Waals surface area contributed by atoms with Gasteiger partial charge in [0.15, 0.2) is 0 Å². The number of hydrogen-bond donors (Lipinski definition) is 0. The number of benzene rings is 1. The van der Waals surface area contributed by atoms with Crippen LogP contribution in [0.5, 0.6) is 0 Å². The van der Waals surface area contributed by atoms with Crippen LogP contribution in [0.15, 0.2) is 18.2 Å². The van der Waals surface area contributed by atoms with Gasteiger partial charge in [-0.1, -0.05) is 0 Å². The highest BCUT2D eigenvalue weighted by Crippen LogP contribution is 2.31. The third kappa shape index (κ3) is 2.91. The molecule has 1 saturated heterocycles. The van der Waals surface area contributed by atoms with Crippen LogP contribution in [0.2, 0.25) is 0 Å². The summed E-state index contributed by atoms with van der Waals surface area (Å²) >= 11 is 0. The van der Waals surface area contributed by atoms with E-state index in [2.05, 4.69) is 0 Å². The summed E-state index contributed by atoms with van der Waals surface area (Å²) in [6.45, 7) is 4.04. The lowest BCUT2D eigenvalue weighted by Gasteiger charge is -2.35. The highest BCUT2D eigenvalue weighted by Gasteiger charge is 2.35. The summed E-state index contributed by atoms with van der Waals surface area (Å²) in [4.78, 5) is 28.0. The maximum absolute atomic E-state index is 13.1. The smallest absolute Gasteiger partial charge is 0.254 e. The summed E-state index contributed by atoms with van der Waals surface area (Å²) in [6, 6.07) is 4.22. The van der Waals surface area contributed by atoms with E-state index in [9.17, 15) is 14.0 Å². The van der Waals surface area contributed by atoms with E-state index in [-0.39, 0.29) is 23.5 Å². The maximum Gasteiger partial charge on any atom is 0.254 e. The minimum absolute atomic E-state index is 0.0778. The molecule has 0 spiro atoms. The van der Waals surface area contributed by atoms with Crippen LogP contribution in [0.25, 0.3) is 0 Å². The maximum atomic E-state index is 13.1. The SMILES string of the molecule is Cc1cc(F)ccc1C(=O)N1CCN(C(=O)C2CC2)CC1. The molecule has 2 amide bonds. The van der Waals surface area contributed by atoms with Crippen LogP contribution in [-0.2, 0) is 4.79 Å². The number of aryl methyl sites for hydroxylation is 1. The van der Waals surface area contributed by atoms with Crippen molar-refractivity contribution < 1.29 is 14.0 Å². The Morgan fingerprint density at radius 1 is 1.10 bits per heavy atom. The first-order valence-electron chi connectivity index (χ1n) is 7.40. The van der Waals surface area contributed by atoms with Gasteiger partial charge < -0.3 is 9.80 Å². The standard InChI is InChI=1S/C16H19FN2O2/c1-11-10-13(17)4-5-14(11)16(21)19-8-6-18(7-9-19)15(20)12-2-3-12/h4-5,10,12H,2-3,6-9H2,1H3. The average molecular weight is 290 g/mol. The van der Waals surface area contributed by atoms with Crippen molar-refractivity contribution in [3.05, 3.63) is 35.1 Å². The Balaban J connectivity index is 1.63. The number of hydrogen-bond acceptors (Lipinski definition) is 2. The zero-order valence-corrected chi connectivity index (χ0v) is 12.1. The van der Waals surface area contributed by atoms with Gasteiger partial charge in [-0.05, 0) is 43.5 Å². The molecule has 0 bridgehead atoms. The van der Waals surface area contributed by atoms with Crippen molar-refractivity contribution in [2.24, 2.45) is 5.92 Å². The van der Waals surface area contributed by atoms with E-state index in [0.29, 0.717) is 37.3 Å². The largest absolute Gasteiger partial charge is 0.339 e. The zero-order chi connectivity index (χ0) is 15.0. The molecule has 1 aliphatic carbocycles. The van der Waals surface area contributed by atoms with Gasteiger partial charge in [0, 0.05) is 37.7 Å². The molecule has 21 heavy (non-hydrogen) atoms. The Morgan fingerprint density at radius 2 is 1.71 bits per heavy atom. The van der Waals surface area contributed by atoms with E-state index in [1.54, 1.807) is 11.8 Å². The molecule has 0 radical (unpaired) electrons. The van der Waals surface area contributed by atoms with E-state index in [1.165, 1.54) is 18.2 Å². The second kappa shape index (κ2) is 5.47. The van der Waals surface area contributed by atoms with Crippen LogP contribution >= 0.6 is 0 Å². The van der Waals surface area contributed by atoms with Crippen molar-refractivity contribution in [2.45, 2.75) is 19.8 Å². The summed E-state index contributed by atoms with van der Waals surface area (Å²) in [7, 11) is 0. The number of amides is 2. The first-order valence-corrected chi connectivity index (χ1v) is 7.40. The normalized spacial score (nSPS) is 18.8. The lowest BCUT2D eigenvalue weighted by molar-refractivity contribution is -0.134. The average Bonchev–Trinajstić information content (AvgIpc) is 3.31. The van der Waals surface area contributed by atoms with Crippen LogP contribution in [0.4, 0.5) is 4.39 Å². The van der Waals surface area contributed by atoms with Crippen molar-refractivity contribution >= 4 is 11.8 Å². The molecule has 1 saturated carbocycles. The number of carbonyl (C=O) groups excluding carboxylic acids is 2. The number of nitrogens with zero attached hydrogens (tertiary/aromatic N) is 2. The summed E-state index contributed by atoms with van der Waals surface area (Å²) < 4.78 is 13.1. The molecule has 4 nitrogen and oxygen atoms in total. The van der Waals surface area contributed by atoms with E-state index in [1.807, 2.05) is 4.90 Å². The Hall–Kier alpha value is -1.91. The molecule has 5 heteroatoms. The van der Waals surface area contributed by atoms with Crippen LogP contribution in [0.1, 0.15) is 28.8 Å². The molecule has 2 aliphatic rings. The first-order chi connectivity index (χ1) is 10.1. The fourth-order valence-corrected chi connectivity index (χ4v) is 2.76. The third-order valence-corrected chi connectivity index (χ3v) is 4.22. The lowest BCUT2D eigenvalue weighted by Crippen LogP contribution is -2.51. The quantitative estimate of drug-likeness (QED) is 0.834. The fourth-order valence-electron chi connectivity index (χ4n) is 2.76. The summed E-state index contributed by atoms with van der Waals surface area (Å²) in [5, 5.41) is 0. The van der Waals surface area contributed by atoms with Gasteiger partial charge in [-0.25, -0.2) is 4.39 Å². The predicted molar refractivity (Wildman–Crippen MR) is 76.3 cm³/mol. The number of halogens is 1. The second-order valence-corrected chi connectivity index (χ2v) is 5.85. The Kier molecular flexibility index (Phi) is 3.66. The van der Waals surface area contributed by atoms with Crippen LogP contribution in [0.3, 0.4) is 0 Å². The van der Waals surface area contributed by atoms with Gasteiger partial charge in [-0.2, -0.15) is 0 Å². The molecule has 1 aliphatic heterocycles. The van der Waals surface area contributed by atoms with E-state index < -0.39 is 0 Å². The summed E-state index contributed by atoms with van der Waals surface area (Å²) in [6.07, 6.45) is 2.01. The Bertz CT molecular complexity index is 576. The summed E-state index contributed by atoms with van der Waals surface area (Å²) in [5.74, 6) is 0.0570. The monoisotopic (exact) mass is 290 g/mol. The van der Waals surface area contributed by atoms with Gasteiger partial charge in [0.1, 0.15) is 5.82 Å². The van der Waals surface area contributed by atoms with Gasteiger partial charge in [-0.3, -0.25) is 9.59 Å². The molecule has 3 rings (SSSR count). The minimum Gasteiger partial charge on any atom is -0.339 e. The van der Waals surface area contributed by atoms with Gasteiger partial charge in [-0.15, -0.1) is 0 Å². The van der Waals surface area contributed by atoms with Crippen LogP contribution in [0, 0.1) is 18.7 Å². The minimum atomic E-state index is -0.330. The van der Waals surface area contributed by atoms with Crippen molar-refractivity contribution in [2.75, 3.05) is 26.2 Å². The molecule has 1 aromatic carbocycles. The summed E-state index contributed by atoms with van der Waals surface area (Å²) in [5.41, 5.74) is 1.19. The van der Waals surface area contributed by atoms with Gasteiger partial charge in [0.25, 0.3) is 5.91 Å². The molecular formula is C16H19FN2O2. The molecule has 1 aromatic rings. The van der Waals surface area contributed by atoms with E-state index >= 15 is 0 Å². The van der Waals surface area contributed by atoms with Gasteiger partial charge in [0.05, 0.1) is 0 Å². The number of rotatable bonds is 2. The number of carbonyl (C=O) groups is 2. The number of piperazine rings is 1. The highest BCUT2D eigenvalue weighted by atomic mass is 19.1. The van der Waals surface area contributed by atoms with Crippen molar-refractivity contribution in [3.63, 3.8) is 0 Å². The molecule has 0 aromatic heterocycles. The molecule has 1 heterocycles. The van der Waals surface area contributed by atoms with Crippen molar-refractivity contribution in [1.29, 1.82) is 0 Å².